The van der Waals surface area contributed by atoms with E-state index in [-0.39, 0.29) is 28.8 Å². The smallest absolute Gasteiger partial charge is 0.193 e. The maximum atomic E-state index is 13.3. The molecule has 0 spiro atoms. The summed E-state index contributed by atoms with van der Waals surface area (Å²) >= 11 is 0. The fourth-order valence-electron chi connectivity index (χ4n) is 4.76. The molecule has 0 radical (unpaired) electrons. The SMILES string of the molecule is CC1(C)CC(=O)C2=C(C1)Nc1cc(C(=O)c3ccccc3)ccc1NC2c1ccc(O)cc1. The molecule has 0 fully saturated rings. The van der Waals surface area contributed by atoms with Gasteiger partial charge in [-0.1, -0.05) is 56.3 Å². The molecule has 166 valence electrons. The number of Topliss-reactive ketones (excluding diaryl/α,β-unsaturated/α-hetero) is 1. The van der Waals surface area contributed by atoms with Crippen LogP contribution in [0.2, 0.25) is 0 Å². The van der Waals surface area contributed by atoms with Gasteiger partial charge >= 0.3 is 0 Å². The molecule has 5 nitrogen and oxygen atoms in total. The van der Waals surface area contributed by atoms with Crippen LogP contribution in [0.5, 0.6) is 5.75 Å². The molecule has 0 bridgehead atoms. The van der Waals surface area contributed by atoms with Gasteiger partial charge in [0.05, 0.1) is 17.4 Å². The van der Waals surface area contributed by atoms with Crippen molar-refractivity contribution in [3.8, 4) is 5.75 Å². The van der Waals surface area contributed by atoms with Crippen molar-refractivity contribution < 1.29 is 14.7 Å². The first-order chi connectivity index (χ1) is 15.8. The number of aromatic hydroxyl groups is 1. The van der Waals surface area contributed by atoms with Crippen LogP contribution in [0.3, 0.4) is 0 Å². The zero-order valence-electron chi connectivity index (χ0n) is 18.7. The lowest BCUT2D eigenvalue weighted by Crippen LogP contribution is -2.31. The van der Waals surface area contributed by atoms with Gasteiger partial charge in [-0.3, -0.25) is 9.59 Å². The average molecular weight is 439 g/mol. The average Bonchev–Trinajstić information content (AvgIpc) is 2.95. The normalized spacial score (nSPS) is 19.0. The van der Waals surface area contributed by atoms with Gasteiger partial charge in [-0.15, -0.1) is 0 Å². The van der Waals surface area contributed by atoms with Crippen LogP contribution in [0.1, 0.15) is 54.2 Å². The Morgan fingerprint density at radius 1 is 0.909 bits per heavy atom. The third-order valence-corrected chi connectivity index (χ3v) is 6.34. The molecule has 2 aliphatic rings. The van der Waals surface area contributed by atoms with Crippen LogP contribution in [0.4, 0.5) is 11.4 Å². The van der Waals surface area contributed by atoms with Crippen LogP contribution < -0.4 is 10.6 Å². The highest BCUT2D eigenvalue weighted by molar-refractivity contribution is 6.10. The number of rotatable bonds is 3. The molecule has 1 aliphatic carbocycles. The van der Waals surface area contributed by atoms with Crippen molar-refractivity contribution in [1.82, 2.24) is 0 Å². The number of nitrogens with one attached hydrogen (secondary N) is 2. The fourth-order valence-corrected chi connectivity index (χ4v) is 4.76. The summed E-state index contributed by atoms with van der Waals surface area (Å²) in [6, 6.07) is 21.4. The summed E-state index contributed by atoms with van der Waals surface area (Å²) in [6.45, 7) is 4.20. The first-order valence-corrected chi connectivity index (χ1v) is 11.1. The molecule has 5 rings (SSSR count). The van der Waals surface area contributed by atoms with Gasteiger partial charge in [0.15, 0.2) is 11.6 Å². The molecule has 3 aromatic carbocycles. The number of allylic oxidation sites excluding steroid dienone is 1. The fraction of sp³-hybridized carbons (Fsp3) is 0.214. The van der Waals surface area contributed by atoms with Gasteiger partial charge in [-0.2, -0.15) is 0 Å². The second kappa shape index (κ2) is 7.93. The quantitative estimate of drug-likeness (QED) is 0.448. The van der Waals surface area contributed by atoms with Gasteiger partial charge in [-0.05, 0) is 47.7 Å². The van der Waals surface area contributed by atoms with E-state index in [1.54, 1.807) is 12.1 Å². The topological polar surface area (TPSA) is 78.4 Å². The maximum Gasteiger partial charge on any atom is 0.193 e. The minimum atomic E-state index is -0.353. The number of carbonyl (C=O) groups is 2. The number of fused-ring (bicyclic) bond motifs is 1. The Labute approximate surface area is 193 Å². The summed E-state index contributed by atoms with van der Waals surface area (Å²) < 4.78 is 0. The molecule has 5 heteroatoms. The Kier molecular flexibility index (Phi) is 5.05. The van der Waals surface area contributed by atoms with E-state index in [0.717, 1.165) is 29.1 Å². The van der Waals surface area contributed by atoms with Crippen LogP contribution in [-0.4, -0.2) is 16.7 Å². The Morgan fingerprint density at radius 3 is 2.36 bits per heavy atom. The van der Waals surface area contributed by atoms with E-state index < -0.39 is 0 Å². The van der Waals surface area contributed by atoms with Crippen molar-refractivity contribution >= 4 is 22.9 Å². The highest BCUT2D eigenvalue weighted by Gasteiger charge is 2.38. The van der Waals surface area contributed by atoms with Gasteiger partial charge in [-0.25, -0.2) is 0 Å². The number of anilines is 2. The molecule has 1 aliphatic heterocycles. The van der Waals surface area contributed by atoms with Gasteiger partial charge < -0.3 is 15.7 Å². The highest BCUT2D eigenvalue weighted by atomic mass is 16.3. The van der Waals surface area contributed by atoms with E-state index in [9.17, 15) is 14.7 Å². The third-order valence-electron chi connectivity index (χ3n) is 6.34. The van der Waals surface area contributed by atoms with Gasteiger partial charge in [0, 0.05) is 28.8 Å². The first kappa shape index (κ1) is 21.0. The number of hydrogen-bond donors (Lipinski definition) is 3. The molecule has 3 N–H and O–H groups in total. The zero-order chi connectivity index (χ0) is 23.2. The number of ketones is 2. The Balaban J connectivity index is 1.60. The third kappa shape index (κ3) is 4.02. The van der Waals surface area contributed by atoms with E-state index >= 15 is 0 Å². The second-order valence-electron chi connectivity index (χ2n) is 9.58. The van der Waals surface area contributed by atoms with Crippen LogP contribution in [-0.2, 0) is 4.79 Å². The Morgan fingerprint density at radius 2 is 1.64 bits per heavy atom. The van der Waals surface area contributed by atoms with Crippen molar-refractivity contribution in [3.63, 3.8) is 0 Å². The Bertz CT molecular complexity index is 1270. The number of carbonyl (C=O) groups excluding carboxylic acids is 2. The van der Waals surface area contributed by atoms with Gasteiger partial charge in [0.1, 0.15) is 5.75 Å². The lowest BCUT2D eigenvalue weighted by Gasteiger charge is -2.34. The summed E-state index contributed by atoms with van der Waals surface area (Å²) in [5, 5.41) is 16.8. The molecule has 0 saturated heterocycles. The number of phenolic OH excluding ortho intramolecular Hbond substituents is 1. The molecular formula is C28H26N2O3. The van der Waals surface area contributed by atoms with Crippen molar-refractivity contribution in [3.05, 3.63) is 101 Å². The molecule has 0 aromatic heterocycles. The monoisotopic (exact) mass is 438 g/mol. The van der Waals surface area contributed by atoms with Crippen molar-refractivity contribution in [2.45, 2.75) is 32.7 Å². The summed E-state index contributed by atoms with van der Waals surface area (Å²) in [5.74, 6) is 0.238. The minimum absolute atomic E-state index is 0.0474. The van der Waals surface area contributed by atoms with E-state index in [0.29, 0.717) is 23.1 Å². The molecule has 0 amide bonds. The van der Waals surface area contributed by atoms with E-state index in [1.807, 2.05) is 60.7 Å². The summed E-state index contributed by atoms with van der Waals surface area (Å²) in [4.78, 5) is 26.4. The van der Waals surface area contributed by atoms with Crippen LogP contribution in [0.15, 0.2) is 84.1 Å². The van der Waals surface area contributed by atoms with Crippen molar-refractivity contribution in [2.75, 3.05) is 10.6 Å². The van der Waals surface area contributed by atoms with E-state index in [2.05, 4.69) is 24.5 Å². The predicted molar refractivity (Wildman–Crippen MR) is 129 cm³/mol. The zero-order valence-corrected chi connectivity index (χ0v) is 18.7. The molecule has 0 saturated carbocycles. The lowest BCUT2D eigenvalue weighted by atomic mass is 9.73. The Hall–Kier alpha value is -3.86. The van der Waals surface area contributed by atoms with Crippen LogP contribution in [0.25, 0.3) is 0 Å². The lowest BCUT2D eigenvalue weighted by molar-refractivity contribution is -0.118. The van der Waals surface area contributed by atoms with Gasteiger partial charge in [0.2, 0.25) is 0 Å². The largest absolute Gasteiger partial charge is 0.508 e. The summed E-state index contributed by atoms with van der Waals surface area (Å²) in [7, 11) is 0. The van der Waals surface area contributed by atoms with E-state index in [4.69, 9.17) is 0 Å². The molecule has 1 unspecified atom stereocenters. The number of benzene rings is 3. The van der Waals surface area contributed by atoms with Gasteiger partial charge in [0.25, 0.3) is 0 Å². The molecule has 1 atom stereocenters. The molecular weight excluding hydrogens is 412 g/mol. The standard InChI is InChI=1S/C28H26N2O3/c1-28(2)15-23-25(24(32)16-28)26(17-8-11-20(31)12-9-17)30-21-13-10-19(14-22(21)29-23)27(33)18-6-4-3-5-7-18/h3-14,26,29-31H,15-16H2,1-2H3. The first-order valence-electron chi connectivity index (χ1n) is 11.1. The minimum Gasteiger partial charge on any atom is -0.508 e. The molecule has 33 heavy (non-hydrogen) atoms. The molecule has 1 heterocycles. The van der Waals surface area contributed by atoms with Crippen LogP contribution >= 0.6 is 0 Å². The summed E-state index contributed by atoms with van der Waals surface area (Å²) in [6.07, 6.45) is 1.19. The van der Waals surface area contributed by atoms with E-state index in [1.165, 1.54) is 0 Å². The predicted octanol–water partition coefficient (Wildman–Crippen LogP) is 5.85. The van der Waals surface area contributed by atoms with Crippen LogP contribution in [0, 0.1) is 5.41 Å². The summed E-state index contributed by atoms with van der Waals surface area (Å²) in [5.41, 5.74) is 5.14. The number of phenols is 1. The molecule has 3 aromatic rings. The second-order valence-corrected chi connectivity index (χ2v) is 9.58. The van der Waals surface area contributed by atoms with Crippen molar-refractivity contribution in [2.24, 2.45) is 5.41 Å². The maximum absolute atomic E-state index is 13.3. The highest BCUT2D eigenvalue weighted by Crippen LogP contribution is 2.45. The number of hydrogen-bond acceptors (Lipinski definition) is 5. The van der Waals surface area contributed by atoms with Crippen molar-refractivity contribution in [1.29, 1.82) is 0 Å².